The molecule has 0 saturated heterocycles. The van der Waals surface area contributed by atoms with Crippen molar-refractivity contribution in [3.63, 3.8) is 0 Å². The number of aromatic hydroxyl groups is 1. The number of rotatable bonds is 6. The summed E-state index contributed by atoms with van der Waals surface area (Å²) < 4.78 is 6.03. The number of halogens is 2. The van der Waals surface area contributed by atoms with E-state index in [1.54, 1.807) is 32.2 Å². The lowest BCUT2D eigenvalue weighted by atomic mass is 10.1. The molecule has 11 nitrogen and oxygen atoms in total. The molecule has 3 rings (SSSR count). The molecule has 1 aromatic heterocycles. The number of methoxy groups -OCH3 is 1. The van der Waals surface area contributed by atoms with Gasteiger partial charge in [0.05, 0.1) is 27.8 Å². The van der Waals surface area contributed by atoms with Crippen LogP contribution in [0.4, 0.5) is 11.4 Å². The van der Waals surface area contributed by atoms with Crippen molar-refractivity contribution >= 4 is 63.6 Å². The van der Waals surface area contributed by atoms with Crippen LogP contribution in [-0.4, -0.2) is 43.7 Å². The summed E-state index contributed by atoms with van der Waals surface area (Å²) in [4.78, 5) is 22.3. The molecule has 35 heavy (non-hydrogen) atoms. The maximum Gasteiger partial charge on any atom is 0.344 e. The van der Waals surface area contributed by atoms with Crippen LogP contribution in [0.15, 0.2) is 41.5 Å². The Morgan fingerprint density at radius 2 is 1.97 bits per heavy atom. The third kappa shape index (κ3) is 5.67. The molecule has 14 heteroatoms. The van der Waals surface area contributed by atoms with Crippen molar-refractivity contribution in [2.24, 2.45) is 12.1 Å². The molecule has 0 fully saturated rings. The van der Waals surface area contributed by atoms with Crippen LogP contribution in [0.1, 0.15) is 23.0 Å². The molecular formula is C21H18Cl2N6O5S. The Hall–Kier alpha value is -3.74. The summed E-state index contributed by atoms with van der Waals surface area (Å²) in [5.74, 6) is -0.957. The predicted molar refractivity (Wildman–Crippen MR) is 136 cm³/mol. The van der Waals surface area contributed by atoms with Crippen molar-refractivity contribution in [2.45, 2.75) is 6.92 Å². The maximum atomic E-state index is 11.7. The van der Waals surface area contributed by atoms with E-state index in [-0.39, 0.29) is 27.8 Å². The standard InChI is InChI=1S/C21H18Cl2N6O5S/c1-10(17-19(30)18(28(2)27-17)11-4-7-14(22)15(23)8-11)25-26-21(35)24-12-5-6-13(20(31)34-3)16(9-12)29(32)33/h4-9,30H,1-3H3,(H2,24,26,35). The van der Waals surface area contributed by atoms with Gasteiger partial charge < -0.3 is 15.2 Å². The monoisotopic (exact) mass is 536 g/mol. The highest BCUT2D eigenvalue weighted by Gasteiger charge is 2.22. The second-order valence-electron chi connectivity index (χ2n) is 7.04. The van der Waals surface area contributed by atoms with E-state index in [2.05, 4.69) is 25.7 Å². The van der Waals surface area contributed by atoms with Crippen molar-refractivity contribution in [3.05, 3.63) is 67.8 Å². The highest BCUT2D eigenvalue weighted by molar-refractivity contribution is 7.80. The maximum absolute atomic E-state index is 11.7. The molecule has 0 atom stereocenters. The first-order valence-corrected chi connectivity index (χ1v) is 10.9. The number of nitro groups is 1. The number of aromatic nitrogens is 2. The number of hydrazone groups is 1. The van der Waals surface area contributed by atoms with E-state index in [0.717, 1.165) is 13.2 Å². The first kappa shape index (κ1) is 25.9. The Balaban J connectivity index is 1.78. The van der Waals surface area contributed by atoms with Crippen LogP contribution in [0.3, 0.4) is 0 Å². The van der Waals surface area contributed by atoms with Crippen LogP contribution in [0.5, 0.6) is 5.75 Å². The summed E-state index contributed by atoms with van der Waals surface area (Å²) in [7, 11) is 2.78. The number of carbonyl (C=O) groups excluding carboxylic acids is 1. The van der Waals surface area contributed by atoms with Crippen LogP contribution >= 0.6 is 35.4 Å². The van der Waals surface area contributed by atoms with Crippen LogP contribution in [0, 0.1) is 10.1 Å². The van der Waals surface area contributed by atoms with Crippen LogP contribution in [-0.2, 0) is 11.8 Å². The molecule has 182 valence electrons. The van der Waals surface area contributed by atoms with Gasteiger partial charge in [-0.3, -0.25) is 20.2 Å². The molecule has 1 heterocycles. The average molecular weight is 537 g/mol. The Morgan fingerprint density at radius 3 is 2.60 bits per heavy atom. The smallest absolute Gasteiger partial charge is 0.344 e. The normalized spacial score (nSPS) is 11.2. The zero-order valence-corrected chi connectivity index (χ0v) is 20.8. The van der Waals surface area contributed by atoms with Gasteiger partial charge in [0.1, 0.15) is 11.3 Å². The second-order valence-corrected chi connectivity index (χ2v) is 8.26. The van der Waals surface area contributed by atoms with Crippen LogP contribution < -0.4 is 10.7 Å². The van der Waals surface area contributed by atoms with Gasteiger partial charge in [0, 0.05) is 24.4 Å². The molecule has 0 aliphatic heterocycles. The first-order valence-electron chi connectivity index (χ1n) is 9.73. The molecule has 0 aliphatic rings. The van der Waals surface area contributed by atoms with E-state index in [1.165, 1.54) is 16.8 Å². The molecular weight excluding hydrogens is 519 g/mol. The Morgan fingerprint density at radius 1 is 1.26 bits per heavy atom. The minimum absolute atomic E-state index is 0.00425. The number of aryl methyl sites for hydroxylation is 1. The average Bonchev–Trinajstić information content (AvgIpc) is 3.12. The lowest BCUT2D eigenvalue weighted by molar-refractivity contribution is -0.385. The predicted octanol–water partition coefficient (Wildman–Crippen LogP) is 4.50. The van der Waals surface area contributed by atoms with E-state index in [9.17, 15) is 20.0 Å². The molecule has 0 aliphatic carbocycles. The summed E-state index contributed by atoms with van der Waals surface area (Å²) in [6.07, 6.45) is 0. The molecule has 3 aromatic rings. The van der Waals surface area contributed by atoms with Crippen molar-refractivity contribution < 1.29 is 19.6 Å². The fraction of sp³-hybridized carbons (Fsp3) is 0.143. The fourth-order valence-corrected chi connectivity index (χ4v) is 3.57. The second kappa shape index (κ2) is 10.7. The number of nitrogens with zero attached hydrogens (tertiary/aromatic N) is 4. The zero-order chi connectivity index (χ0) is 25.9. The molecule has 0 radical (unpaired) electrons. The van der Waals surface area contributed by atoms with Crippen LogP contribution in [0.25, 0.3) is 11.3 Å². The highest BCUT2D eigenvalue weighted by atomic mass is 35.5. The number of ether oxygens (including phenoxy) is 1. The number of carbonyl (C=O) groups is 1. The van der Waals surface area contributed by atoms with E-state index in [0.29, 0.717) is 27.0 Å². The van der Waals surface area contributed by atoms with E-state index in [4.69, 9.17) is 35.4 Å². The Labute approximate surface area is 214 Å². The summed E-state index contributed by atoms with van der Waals surface area (Å²) in [6.45, 7) is 1.60. The molecule has 3 N–H and O–H groups in total. The van der Waals surface area contributed by atoms with Crippen LogP contribution in [0.2, 0.25) is 10.0 Å². The number of nitro benzene ring substituents is 1. The van der Waals surface area contributed by atoms with Gasteiger partial charge in [0.25, 0.3) is 5.69 Å². The summed E-state index contributed by atoms with van der Waals surface area (Å²) >= 11 is 17.2. The minimum atomic E-state index is -0.834. The zero-order valence-electron chi connectivity index (χ0n) is 18.5. The highest BCUT2D eigenvalue weighted by Crippen LogP contribution is 2.35. The van der Waals surface area contributed by atoms with E-state index in [1.807, 2.05) is 0 Å². The number of benzene rings is 2. The number of nitrogens with one attached hydrogen (secondary N) is 2. The van der Waals surface area contributed by atoms with Gasteiger partial charge in [0.15, 0.2) is 16.6 Å². The lowest BCUT2D eigenvalue weighted by Crippen LogP contribution is -2.25. The van der Waals surface area contributed by atoms with Gasteiger partial charge in [-0.2, -0.15) is 10.2 Å². The Bertz CT molecular complexity index is 1370. The number of hydrogen-bond donors (Lipinski definition) is 3. The Kier molecular flexibility index (Phi) is 7.89. The number of hydrogen-bond acceptors (Lipinski definition) is 8. The van der Waals surface area contributed by atoms with Gasteiger partial charge in [-0.1, -0.05) is 29.3 Å². The molecule has 0 spiro atoms. The third-order valence-electron chi connectivity index (χ3n) is 4.74. The first-order chi connectivity index (χ1) is 16.5. The molecule has 0 amide bonds. The summed E-state index contributed by atoms with van der Waals surface area (Å²) in [5.41, 5.74) is 3.71. The van der Waals surface area contributed by atoms with E-state index >= 15 is 0 Å². The molecule has 0 unspecified atom stereocenters. The van der Waals surface area contributed by atoms with Crippen molar-refractivity contribution in [1.82, 2.24) is 15.2 Å². The largest absolute Gasteiger partial charge is 0.504 e. The topological polar surface area (TPSA) is 144 Å². The van der Waals surface area contributed by atoms with Gasteiger partial charge in [-0.25, -0.2) is 4.79 Å². The quantitative estimate of drug-likeness (QED) is 0.136. The fourth-order valence-electron chi connectivity index (χ4n) is 3.11. The molecule has 0 bridgehead atoms. The third-order valence-corrected chi connectivity index (χ3v) is 5.67. The number of anilines is 1. The van der Waals surface area contributed by atoms with Gasteiger partial charge in [0.2, 0.25) is 0 Å². The van der Waals surface area contributed by atoms with Crippen molar-refractivity contribution in [2.75, 3.05) is 12.4 Å². The van der Waals surface area contributed by atoms with Crippen molar-refractivity contribution in [1.29, 1.82) is 0 Å². The summed E-state index contributed by atoms with van der Waals surface area (Å²) in [5, 5.41) is 33.9. The molecule has 2 aromatic carbocycles. The lowest BCUT2D eigenvalue weighted by Gasteiger charge is -2.09. The summed E-state index contributed by atoms with van der Waals surface area (Å²) in [6, 6.07) is 8.74. The van der Waals surface area contributed by atoms with Crippen molar-refractivity contribution in [3.8, 4) is 17.0 Å². The molecule has 0 saturated carbocycles. The van der Waals surface area contributed by atoms with Gasteiger partial charge in [-0.15, -0.1) is 0 Å². The van der Waals surface area contributed by atoms with Gasteiger partial charge >= 0.3 is 5.97 Å². The van der Waals surface area contributed by atoms with E-state index < -0.39 is 16.6 Å². The number of thiocarbonyl (C=S) groups is 1. The van der Waals surface area contributed by atoms with Gasteiger partial charge in [-0.05, 0) is 43.4 Å². The minimum Gasteiger partial charge on any atom is -0.504 e. The SMILES string of the molecule is COC(=O)c1ccc(NC(=S)NN=C(C)c2nn(C)c(-c3ccc(Cl)c(Cl)c3)c2O)cc1[N+](=O)[O-]. The number of esters is 1.